The summed E-state index contributed by atoms with van der Waals surface area (Å²) in [5.74, 6) is 1.43. The van der Waals surface area contributed by atoms with Crippen LogP contribution in [0.4, 0.5) is 0 Å². The Labute approximate surface area is 127 Å². The second-order valence-electron chi connectivity index (χ2n) is 4.72. The summed E-state index contributed by atoms with van der Waals surface area (Å²) in [5.41, 5.74) is 7.69. The Hall–Kier alpha value is -1.52. The van der Waals surface area contributed by atoms with E-state index in [4.69, 9.17) is 15.2 Å². The Morgan fingerprint density at radius 3 is 2.00 bits per heavy atom. The number of nitrogens with two attached hydrogens (primary N) is 1. The molecule has 0 aliphatic heterocycles. The Bertz CT molecular complexity index is 589. The van der Waals surface area contributed by atoms with E-state index in [0.29, 0.717) is 11.5 Å². The SMILES string of the molecule is COc1cccc(OC)c1C(C)(N)c1ccccc1Br. The topological polar surface area (TPSA) is 44.5 Å². The van der Waals surface area contributed by atoms with Crippen molar-refractivity contribution in [1.29, 1.82) is 0 Å². The fourth-order valence-corrected chi connectivity index (χ4v) is 3.08. The van der Waals surface area contributed by atoms with Gasteiger partial charge in [0.25, 0.3) is 0 Å². The molecule has 1 atom stereocenters. The minimum Gasteiger partial charge on any atom is -0.496 e. The van der Waals surface area contributed by atoms with Crippen molar-refractivity contribution in [3.63, 3.8) is 0 Å². The highest BCUT2D eigenvalue weighted by Crippen LogP contribution is 2.41. The highest BCUT2D eigenvalue weighted by molar-refractivity contribution is 9.10. The first-order valence-corrected chi connectivity index (χ1v) is 7.07. The lowest BCUT2D eigenvalue weighted by atomic mass is 9.84. The van der Waals surface area contributed by atoms with Gasteiger partial charge in [-0.15, -0.1) is 0 Å². The first kappa shape index (κ1) is 14.9. The summed E-state index contributed by atoms with van der Waals surface area (Å²) in [6, 6.07) is 13.6. The number of hydrogen-bond donors (Lipinski definition) is 1. The van der Waals surface area contributed by atoms with Gasteiger partial charge < -0.3 is 15.2 Å². The molecule has 0 aromatic heterocycles. The first-order valence-electron chi connectivity index (χ1n) is 6.27. The van der Waals surface area contributed by atoms with Crippen LogP contribution in [0.1, 0.15) is 18.1 Å². The number of rotatable bonds is 4. The average Bonchev–Trinajstić information content (AvgIpc) is 2.46. The standard InChI is InChI=1S/C16H18BrNO2/c1-16(18,11-7-4-5-8-12(11)17)15-13(19-2)9-6-10-14(15)20-3/h4-10H,18H2,1-3H3. The van der Waals surface area contributed by atoms with Crippen molar-refractivity contribution in [3.8, 4) is 11.5 Å². The van der Waals surface area contributed by atoms with E-state index in [1.807, 2.05) is 49.4 Å². The molecule has 0 heterocycles. The summed E-state index contributed by atoms with van der Waals surface area (Å²) >= 11 is 3.56. The molecule has 2 rings (SSSR count). The Kier molecular flexibility index (Phi) is 4.35. The van der Waals surface area contributed by atoms with Crippen LogP contribution in [0.15, 0.2) is 46.9 Å². The van der Waals surface area contributed by atoms with Gasteiger partial charge in [-0.1, -0.05) is 40.2 Å². The molecule has 1 unspecified atom stereocenters. The van der Waals surface area contributed by atoms with Gasteiger partial charge in [0.1, 0.15) is 11.5 Å². The van der Waals surface area contributed by atoms with E-state index in [0.717, 1.165) is 15.6 Å². The molecule has 0 aliphatic rings. The lowest BCUT2D eigenvalue weighted by Gasteiger charge is -2.30. The van der Waals surface area contributed by atoms with Crippen LogP contribution in [0.5, 0.6) is 11.5 Å². The smallest absolute Gasteiger partial charge is 0.127 e. The van der Waals surface area contributed by atoms with Gasteiger partial charge >= 0.3 is 0 Å². The Morgan fingerprint density at radius 1 is 0.950 bits per heavy atom. The Morgan fingerprint density at radius 2 is 1.50 bits per heavy atom. The van der Waals surface area contributed by atoms with Gasteiger partial charge in [0.05, 0.1) is 25.3 Å². The van der Waals surface area contributed by atoms with Crippen LogP contribution in [0.25, 0.3) is 0 Å². The van der Waals surface area contributed by atoms with Crippen LogP contribution in [-0.4, -0.2) is 14.2 Å². The van der Waals surface area contributed by atoms with Gasteiger partial charge in [0.2, 0.25) is 0 Å². The lowest BCUT2D eigenvalue weighted by molar-refractivity contribution is 0.369. The first-order chi connectivity index (χ1) is 9.52. The van der Waals surface area contributed by atoms with Crippen molar-refractivity contribution in [2.24, 2.45) is 5.73 Å². The molecule has 2 aromatic rings. The molecule has 0 bridgehead atoms. The number of hydrogen-bond acceptors (Lipinski definition) is 3. The third-order valence-electron chi connectivity index (χ3n) is 3.38. The maximum Gasteiger partial charge on any atom is 0.127 e. The molecule has 0 aliphatic carbocycles. The summed E-state index contributed by atoms with van der Waals surface area (Å²) in [4.78, 5) is 0. The molecule has 3 nitrogen and oxygen atoms in total. The van der Waals surface area contributed by atoms with Crippen molar-refractivity contribution in [1.82, 2.24) is 0 Å². The molecular formula is C16H18BrNO2. The molecule has 0 amide bonds. The van der Waals surface area contributed by atoms with Crippen molar-refractivity contribution in [3.05, 3.63) is 58.1 Å². The number of benzene rings is 2. The van der Waals surface area contributed by atoms with E-state index in [9.17, 15) is 0 Å². The molecule has 0 radical (unpaired) electrons. The molecule has 2 N–H and O–H groups in total. The monoisotopic (exact) mass is 335 g/mol. The zero-order valence-corrected chi connectivity index (χ0v) is 13.4. The van der Waals surface area contributed by atoms with Crippen LogP contribution in [0, 0.1) is 0 Å². The number of halogens is 1. The molecule has 0 spiro atoms. The Balaban J connectivity index is 2.68. The molecule has 2 aromatic carbocycles. The number of ether oxygens (including phenoxy) is 2. The quantitative estimate of drug-likeness (QED) is 0.926. The molecule has 0 saturated heterocycles. The maximum absolute atomic E-state index is 6.62. The predicted molar refractivity (Wildman–Crippen MR) is 84.3 cm³/mol. The predicted octanol–water partition coefficient (Wildman–Crippen LogP) is 3.69. The third kappa shape index (κ3) is 2.53. The van der Waals surface area contributed by atoms with Crippen LogP contribution < -0.4 is 15.2 Å². The highest BCUT2D eigenvalue weighted by atomic mass is 79.9. The third-order valence-corrected chi connectivity index (χ3v) is 4.07. The van der Waals surface area contributed by atoms with Crippen LogP contribution >= 0.6 is 15.9 Å². The van der Waals surface area contributed by atoms with E-state index < -0.39 is 5.54 Å². The zero-order chi connectivity index (χ0) is 14.8. The largest absolute Gasteiger partial charge is 0.496 e. The molecule has 106 valence electrons. The van der Waals surface area contributed by atoms with E-state index in [2.05, 4.69) is 15.9 Å². The van der Waals surface area contributed by atoms with Crippen LogP contribution in [0.2, 0.25) is 0 Å². The van der Waals surface area contributed by atoms with Gasteiger partial charge in [-0.3, -0.25) is 0 Å². The van der Waals surface area contributed by atoms with Gasteiger partial charge in [0.15, 0.2) is 0 Å². The molecule has 0 saturated carbocycles. The summed E-state index contributed by atoms with van der Waals surface area (Å²) in [6.45, 7) is 1.95. The van der Waals surface area contributed by atoms with Crippen molar-refractivity contribution < 1.29 is 9.47 Å². The second-order valence-corrected chi connectivity index (χ2v) is 5.57. The van der Waals surface area contributed by atoms with E-state index in [1.165, 1.54) is 0 Å². The van der Waals surface area contributed by atoms with Gasteiger partial charge in [0, 0.05) is 4.47 Å². The fourth-order valence-electron chi connectivity index (χ4n) is 2.38. The lowest BCUT2D eigenvalue weighted by Crippen LogP contribution is -2.35. The summed E-state index contributed by atoms with van der Waals surface area (Å²) in [6.07, 6.45) is 0. The van der Waals surface area contributed by atoms with Crippen LogP contribution in [-0.2, 0) is 5.54 Å². The average molecular weight is 336 g/mol. The molecule has 0 fully saturated rings. The van der Waals surface area contributed by atoms with Gasteiger partial charge in [-0.2, -0.15) is 0 Å². The zero-order valence-electron chi connectivity index (χ0n) is 11.8. The minimum absolute atomic E-state index is 0.713. The molecule has 4 heteroatoms. The van der Waals surface area contributed by atoms with Crippen molar-refractivity contribution in [2.45, 2.75) is 12.5 Å². The maximum atomic E-state index is 6.62. The van der Waals surface area contributed by atoms with Crippen molar-refractivity contribution >= 4 is 15.9 Å². The van der Waals surface area contributed by atoms with Crippen molar-refractivity contribution in [2.75, 3.05) is 14.2 Å². The van der Waals surface area contributed by atoms with E-state index in [1.54, 1.807) is 14.2 Å². The second kappa shape index (κ2) is 5.85. The van der Waals surface area contributed by atoms with Gasteiger partial charge in [-0.25, -0.2) is 0 Å². The number of methoxy groups -OCH3 is 2. The highest BCUT2D eigenvalue weighted by Gasteiger charge is 2.32. The summed E-state index contributed by atoms with van der Waals surface area (Å²) < 4.78 is 11.9. The fraction of sp³-hybridized carbons (Fsp3) is 0.250. The van der Waals surface area contributed by atoms with Crippen LogP contribution in [0.3, 0.4) is 0 Å². The normalized spacial score (nSPS) is 13.7. The van der Waals surface area contributed by atoms with E-state index in [-0.39, 0.29) is 0 Å². The summed E-state index contributed by atoms with van der Waals surface area (Å²) in [5, 5.41) is 0. The molecular weight excluding hydrogens is 318 g/mol. The summed E-state index contributed by atoms with van der Waals surface area (Å²) in [7, 11) is 3.27. The molecule has 20 heavy (non-hydrogen) atoms. The van der Waals surface area contributed by atoms with E-state index >= 15 is 0 Å². The van der Waals surface area contributed by atoms with Gasteiger partial charge in [-0.05, 0) is 30.7 Å². The minimum atomic E-state index is -0.738.